The summed E-state index contributed by atoms with van der Waals surface area (Å²) in [6.45, 7) is 3.48. The fraction of sp³-hybridized carbons (Fsp3) is 0.286. The monoisotopic (exact) mass is 152 g/mol. The molecule has 4 heteroatoms. The first-order valence-corrected chi connectivity index (χ1v) is 3.08. The molecule has 2 atom stereocenters. The molecule has 0 saturated heterocycles. The Balaban J connectivity index is 2.90. The number of aliphatic hydroxyl groups is 2. The maximum atomic E-state index is 9.05. The summed E-state index contributed by atoms with van der Waals surface area (Å²) in [6, 6.07) is 1.78. The highest BCUT2D eigenvalue weighted by molar-refractivity contribution is 5.37. The van der Waals surface area contributed by atoms with Gasteiger partial charge in [0.05, 0.1) is 11.6 Å². The topological polar surface area (TPSA) is 76.3 Å². The second-order valence-corrected chi connectivity index (χ2v) is 2.26. The van der Waals surface area contributed by atoms with Gasteiger partial charge in [0.15, 0.2) is 0 Å². The lowest BCUT2D eigenvalue weighted by Crippen LogP contribution is -2.42. The fourth-order valence-corrected chi connectivity index (χ4v) is 0.797. The normalized spacial score (nSPS) is 31.0. The maximum Gasteiger partial charge on any atom is 0.143 e. The number of hydrogen-bond donors (Lipinski definition) is 3. The van der Waals surface area contributed by atoms with Crippen molar-refractivity contribution in [3.8, 4) is 6.07 Å². The molecule has 0 fully saturated rings. The highest BCUT2D eigenvalue weighted by atomic mass is 16.3. The summed E-state index contributed by atoms with van der Waals surface area (Å²) in [5, 5.41) is 28.9. The quantitative estimate of drug-likeness (QED) is 0.426. The first-order chi connectivity index (χ1) is 5.15. The van der Waals surface area contributed by atoms with Crippen molar-refractivity contribution < 1.29 is 10.2 Å². The highest BCUT2D eigenvalue weighted by Crippen LogP contribution is 2.12. The van der Waals surface area contributed by atoms with E-state index >= 15 is 0 Å². The number of hydrogen-bond acceptors (Lipinski definition) is 4. The van der Waals surface area contributed by atoms with Crippen molar-refractivity contribution >= 4 is 0 Å². The van der Waals surface area contributed by atoms with Gasteiger partial charge in [-0.3, -0.25) is 5.32 Å². The second kappa shape index (κ2) is 2.84. The minimum Gasteiger partial charge on any atom is -0.374 e. The molecule has 2 unspecified atom stereocenters. The highest BCUT2D eigenvalue weighted by Gasteiger charge is 2.21. The number of rotatable bonds is 0. The molecule has 11 heavy (non-hydrogen) atoms. The van der Waals surface area contributed by atoms with Crippen LogP contribution in [0.4, 0.5) is 0 Å². The lowest BCUT2D eigenvalue weighted by molar-refractivity contribution is 0.0793. The molecule has 0 aliphatic carbocycles. The third-order valence-corrected chi connectivity index (χ3v) is 1.43. The fourth-order valence-electron chi connectivity index (χ4n) is 0.797. The number of nitriles is 1. The molecule has 0 radical (unpaired) electrons. The van der Waals surface area contributed by atoms with E-state index in [1.54, 1.807) is 6.07 Å². The van der Waals surface area contributed by atoms with Crippen LogP contribution in [0.5, 0.6) is 0 Å². The van der Waals surface area contributed by atoms with E-state index in [1.807, 2.05) is 0 Å². The van der Waals surface area contributed by atoms with Gasteiger partial charge in [0.1, 0.15) is 12.5 Å². The smallest absolute Gasteiger partial charge is 0.143 e. The number of nitrogens with one attached hydrogen (secondary N) is 1. The van der Waals surface area contributed by atoms with Gasteiger partial charge < -0.3 is 10.2 Å². The molecular weight excluding hydrogens is 144 g/mol. The van der Waals surface area contributed by atoms with Crippen molar-refractivity contribution in [2.75, 3.05) is 0 Å². The zero-order valence-electron chi connectivity index (χ0n) is 5.78. The first-order valence-electron chi connectivity index (χ1n) is 3.08. The summed E-state index contributed by atoms with van der Waals surface area (Å²) in [5.74, 6) is 0. The predicted octanol–water partition coefficient (Wildman–Crippen LogP) is -0.767. The summed E-state index contributed by atoms with van der Waals surface area (Å²) in [7, 11) is 0. The third-order valence-electron chi connectivity index (χ3n) is 1.43. The Labute approximate surface area is 64.1 Å². The Morgan fingerprint density at radius 1 is 1.55 bits per heavy atom. The Bertz CT molecular complexity index is 252. The average molecular weight is 152 g/mol. The minimum absolute atomic E-state index is 0.167. The van der Waals surface area contributed by atoms with Crippen LogP contribution in [-0.2, 0) is 0 Å². The maximum absolute atomic E-state index is 9.05. The van der Waals surface area contributed by atoms with E-state index in [9.17, 15) is 0 Å². The zero-order chi connectivity index (χ0) is 8.43. The average Bonchev–Trinajstić information content (AvgIpc) is 1.97. The number of aliphatic hydroxyl groups excluding tert-OH is 2. The van der Waals surface area contributed by atoms with Gasteiger partial charge in [-0.1, -0.05) is 6.58 Å². The van der Waals surface area contributed by atoms with Crippen molar-refractivity contribution in [2.45, 2.75) is 12.5 Å². The molecule has 4 nitrogen and oxygen atoms in total. The molecule has 0 aromatic rings. The summed E-state index contributed by atoms with van der Waals surface area (Å²) in [6.07, 6.45) is -0.672. The number of nitrogens with zero attached hydrogens (tertiary/aromatic N) is 1. The predicted molar refractivity (Wildman–Crippen MR) is 38.0 cm³/mol. The van der Waals surface area contributed by atoms with E-state index in [2.05, 4.69) is 11.9 Å². The van der Waals surface area contributed by atoms with Crippen molar-refractivity contribution in [2.24, 2.45) is 0 Å². The Morgan fingerprint density at radius 3 is 2.73 bits per heavy atom. The Hall–Kier alpha value is -1.15. The summed E-state index contributed by atoms with van der Waals surface area (Å²) in [5.41, 5.74) is 0.548. The van der Waals surface area contributed by atoms with Crippen LogP contribution in [0.1, 0.15) is 0 Å². The molecule has 1 rings (SSSR count). The van der Waals surface area contributed by atoms with E-state index in [0.29, 0.717) is 5.57 Å². The van der Waals surface area contributed by atoms with Gasteiger partial charge in [-0.25, -0.2) is 0 Å². The molecule has 1 aliphatic heterocycles. The van der Waals surface area contributed by atoms with E-state index < -0.39 is 12.5 Å². The lowest BCUT2D eigenvalue weighted by atomic mass is 10.1. The van der Waals surface area contributed by atoms with Crippen LogP contribution in [0.25, 0.3) is 0 Å². The van der Waals surface area contributed by atoms with Crippen LogP contribution in [0.2, 0.25) is 0 Å². The van der Waals surface area contributed by atoms with E-state index in [4.69, 9.17) is 15.5 Å². The minimum atomic E-state index is -1.08. The molecule has 1 aliphatic rings. The summed E-state index contributed by atoms with van der Waals surface area (Å²) in [4.78, 5) is 0. The molecule has 1 heterocycles. The van der Waals surface area contributed by atoms with Gasteiger partial charge in [0, 0.05) is 0 Å². The standard InChI is InChI=1S/C7H8N2O2/c1-4-2-5(3-8)7(11)9-6(4)10/h2,6-7,9-11H,1H2. The molecule has 0 spiro atoms. The Morgan fingerprint density at radius 2 is 2.18 bits per heavy atom. The third kappa shape index (κ3) is 1.46. The second-order valence-electron chi connectivity index (χ2n) is 2.26. The largest absolute Gasteiger partial charge is 0.374 e. The van der Waals surface area contributed by atoms with Crippen molar-refractivity contribution in [3.63, 3.8) is 0 Å². The van der Waals surface area contributed by atoms with Crippen molar-refractivity contribution in [3.05, 3.63) is 23.8 Å². The summed E-state index contributed by atoms with van der Waals surface area (Å²) >= 11 is 0. The van der Waals surface area contributed by atoms with Crippen LogP contribution in [-0.4, -0.2) is 22.7 Å². The van der Waals surface area contributed by atoms with Crippen LogP contribution in [0, 0.1) is 11.3 Å². The van der Waals surface area contributed by atoms with Crippen LogP contribution in [0.15, 0.2) is 23.8 Å². The molecule has 0 bridgehead atoms. The molecule has 58 valence electrons. The van der Waals surface area contributed by atoms with Gasteiger partial charge in [0.25, 0.3) is 0 Å². The molecule has 0 amide bonds. The van der Waals surface area contributed by atoms with Crippen LogP contribution >= 0.6 is 0 Å². The van der Waals surface area contributed by atoms with Crippen molar-refractivity contribution in [1.82, 2.24) is 5.32 Å². The van der Waals surface area contributed by atoms with Crippen LogP contribution in [0.3, 0.4) is 0 Å². The van der Waals surface area contributed by atoms with Crippen molar-refractivity contribution in [1.29, 1.82) is 5.26 Å². The molecule has 0 aromatic carbocycles. The van der Waals surface area contributed by atoms with Gasteiger partial charge in [-0.05, 0) is 11.6 Å². The zero-order valence-corrected chi connectivity index (χ0v) is 5.78. The first kappa shape index (κ1) is 7.95. The van der Waals surface area contributed by atoms with Gasteiger partial charge in [-0.15, -0.1) is 0 Å². The van der Waals surface area contributed by atoms with Gasteiger partial charge >= 0.3 is 0 Å². The van der Waals surface area contributed by atoms with Gasteiger partial charge in [0.2, 0.25) is 0 Å². The Kier molecular flexibility index (Phi) is 2.06. The van der Waals surface area contributed by atoms with E-state index in [-0.39, 0.29) is 5.57 Å². The van der Waals surface area contributed by atoms with Crippen LogP contribution < -0.4 is 5.32 Å². The molecule has 0 saturated carbocycles. The molecular formula is C7H8N2O2. The molecule has 3 N–H and O–H groups in total. The van der Waals surface area contributed by atoms with E-state index in [0.717, 1.165) is 0 Å². The summed E-state index contributed by atoms with van der Waals surface area (Å²) < 4.78 is 0. The molecule has 0 aromatic heterocycles. The lowest BCUT2D eigenvalue weighted by Gasteiger charge is -2.22. The van der Waals surface area contributed by atoms with E-state index in [1.165, 1.54) is 6.08 Å². The van der Waals surface area contributed by atoms with Gasteiger partial charge in [-0.2, -0.15) is 5.26 Å². The SMILES string of the molecule is C=C1C=C(C#N)C(O)NC1O.